The molecular formula is C34H39N5O7. The van der Waals surface area contributed by atoms with Crippen LogP contribution in [0.5, 0.6) is 11.5 Å². The average molecular weight is 630 g/mol. The largest absolute Gasteiger partial charge is 0.497 e. The molecule has 0 aliphatic carbocycles. The van der Waals surface area contributed by atoms with E-state index in [2.05, 4.69) is 10.2 Å². The molecule has 3 amide bonds. The lowest BCUT2D eigenvalue weighted by molar-refractivity contribution is 0.0570. The number of ether oxygens (including phenoxy) is 3. The van der Waals surface area contributed by atoms with Crippen molar-refractivity contribution in [3.63, 3.8) is 0 Å². The first-order valence-corrected chi connectivity index (χ1v) is 15.6. The fourth-order valence-electron chi connectivity index (χ4n) is 6.76. The minimum atomic E-state index is -0.378. The van der Waals surface area contributed by atoms with Crippen LogP contribution in [0.25, 0.3) is 0 Å². The van der Waals surface area contributed by atoms with Crippen LogP contribution in [0, 0.1) is 5.92 Å². The van der Waals surface area contributed by atoms with Gasteiger partial charge in [-0.1, -0.05) is 6.07 Å². The van der Waals surface area contributed by atoms with E-state index in [1.165, 1.54) is 14.2 Å². The lowest BCUT2D eigenvalue weighted by Gasteiger charge is -2.44. The van der Waals surface area contributed by atoms with Gasteiger partial charge in [-0.25, -0.2) is 4.79 Å². The molecule has 3 aliphatic heterocycles. The topological polar surface area (TPSA) is 123 Å². The first kappa shape index (κ1) is 31.0. The molecule has 12 nitrogen and oxygen atoms in total. The molecule has 3 aromatic rings. The summed E-state index contributed by atoms with van der Waals surface area (Å²) in [6, 6.07) is 15.8. The Morgan fingerprint density at radius 1 is 0.848 bits per heavy atom. The van der Waals surface area contributed by atoms with Crippen LogP contribution in [0.3, 0.4) is 0 Å². The van der Waals surface area contributed by atoms with Crippen molar-refractivity contribution in [2.45, 2.75) is 25.8 Å². The zero-order valence-corrected chi connectivity index (χ0v) is 26.4. The van der Waals surface area contributed by atoms with Gasteiger partial charge in [0.15, 0.2) is 0 Å². The van der Waals surface area contributed by atoms with Crippen LogP contribution in [0.15, 0.2) is 59.4 Å². The molecule has 4 heterocycles. The quantitative estimate of drug-likeness (QED) is 0.420. The summed E-state index contributed by atoms with van der Waals surface area (Å²) in [5, 5.41) is 3.07. The number of pyridine rings is 1. The van der Waals surface area contributed by atoms with Crippen molar-refractivity contribution in [1.82, 2.24) is 14.4 Å². The number of aromatic nitrogens is 1. The molecule has 0 saturated carbocycles. The zero-order valence-electron chi connectivity index (χ0n) is 26.4. The summed E-state index contributed by atoms with van der Waals surface area (Å²) in [4.78, 5) is 57.7. The van der Waals surface area contributed by atoms with E-state index in [4.69, 9.17) is 14.2 Å². The van der Waals surface area contributed by atoms with Crippen molar-refractivity contribution in [3.05, 3.63) is 81.8 Å². The van der Waals surface area contributed by atoms with E-state index in [1.807, 2.05) is 22.8 Å². The van der Waals surface area contributed by atoms with Gasteiger partial charge < -0.3 is 38.8 Å². The molecule has 6 rings (SSSR count). The molecule has 1 aromatic heterocycles. The van der Waals surface area contributed by atoms with Crippen molar-refractivity contribution >= 4 is 29.3 Å². The van der Waals surface area contributed by atoms with Crippen LogP contribution in [-0.4, -0.2) is 92.4 Å². The highest BCUT2D eigenvalue weighted by Gasteiger charge is 2.36. The van der Waals surface area contributed by atoms with Crippen molar-refractivity contribution in [2.75, 3.05) is 70.3 Å². The number of piperazine rings is 1. The number of benzene rings is 2. The molecule has 242 valence electrons. The van der Waals surface area contributed by atoms with Gasteiger partial charge >= 0.3 is 6.09 Å². The van der Waals surface area contributed by atoms with Crippen molar-refractivity contribution in [2.24, 2.45) is 5.92 Å². The highest BCUT2D eigenvalue weighted by molar-refractivity contribution is 6.07. The molecule has 2 bridgehead atoms. The number of piperidine rings is 1. The molecule has 1 N–H and O–H groups in total. The predicted molar refractivity (Wildman–Crippen MR) is 172 cm³/mol. The summed E-state index contributed by atoms with van der Waals surface area (Å²) >= 11 is 0. The number of rotatable bonds is 7. The standard InChI is InChI=1S/C34H39N5O7/c1-4-46-34(43)37-12-10-36(11-13-37)33(42)23-8-9-30(28(17-23)35-32(41)24-15-26(44-2)18-27(16-24)45-3)38-19-22-14-25(21-38)29-6-5-7-31(40)39(29)20-22/h5-9,15-18,22,25H,4,10-14,19-21H2,1-3H3,(H,35,41). The average Bonchev–Trinajstić information content (AvgIpc) is 3.08. The number of amides is 3. The van der Waals surface area contributed by atoms with Crippen LogP contribution in [-0.2, 0) is 11.3 Å². The van der Waals surface area contributed by atoms with E-state index in [-0.39, 0.29) is 35.3 Å². The number of hydrogen-bond acceptors (Lipinski definition) is 8. The molecule has 2 atom stereocenters. The Labute approximate surface area is 267 Å². The maximum Gasteiger partial charge on any atom is 0.409 e. The van der Waals surface area contributed by atoms with Crippen molar-refractivity contribution in [3.8, 4) is 11.5 Å². The van der Waals surface area contributed by atoms with Gasteiger partial charge in [0.25, 0.3) is 17.4 Å². The molecule has 2 unspecified atom stereocenters. The number of hydrogen-bond donors (Lipinski definition) is 1. The van der Waals surface area contributed by atoms with Crippen LogP contribution < -0.4 is 25.2 Å². The molecule has 3 aliphatic rings. The number of anilines is 2. The first-order valence-electron chi connectivity index (χ1n) is 15.6. The Bertz CT molecular complexity index is 1680. The van der Waals surface area contributed by atoms with Gasteiger partial charge in [0, 0.05) is 80.7 Å². The van der Waals surface area contributed by atoms with E-state index in [0.29, 0.717) is 80.7 Å². The molecule has 0 radical (unpaired) electrons. The van der Waals surface area contributed by atoms with E-state index in [1.54, 1.807) is 53.1 Å². The highest BCUT2D eigenvalue weighted by atomic mass is 16.6. The van der Waals surface area contributed by atoms with Gasteiger partial charge in [-0.2, -0.15) is 0 Å². The van der Waals surface area contributed by atoms with Crippen LogP contribution >= 0.6 is 0 Å². The first-order chi connectivity index (χ1) is 22.3. The predicted octanol–water partition coefficient (Wildman–Crippen LogP) is 3.66. The van der Waals surface area contributed by atoms with Crippen LogP contribution in [0.4, 0.5) is 16.2 Å². The lowest BCUT2D eigenvalue weighted by atomic mass is 9.83. The summed E-state index contributed by atoms with van der Waals surface area (Å²) in [5.41, 5.74) is 3.13. The number of nitrogens with zero attached hydrogens (tertiary/aromatic N) is 4. The van der Waals surface area contributed by atoms with Crippen LogP contribution in [0.2, 0.25) is 0 Å². The second-order valence-electron chi connectivity index (χ2n) is 11.9. The lowest BCUT2D eigenvalue weighted by Crippen LogP contribution is -2.50. The number of carbonyl (C=O) groups is 3. The molecule has 2 saturated heterocycles. The summed E-state index contributed by atoms with van der Waals surface area (Å²) in [7, 11) is 3.05. The third kappa shape index (κ3) is 6.24. The SMILES string of the molecule is CCOC(=O)N1CCN(C(=O)c2ccc(N3CC4CC(C3)c3cccc(=O)n3C4)c(NC(=O)c3cc(OC)cc(OC)c3)c2)CC1. The summed E-state index contributed by atoms with van der Waals surface area (Å²) < 4.78 is 17.7. The maximum atomic E-state index is 13.7. The van der Waals surface area contributed by atoms with Gasteiger partial charge in [-0.15, -0.1) is 0 Å². The number of nitrogens with one attached hydrogen (secondary N) is 1. The summed E-state index contributed by atoms with van der Waals surface area (Å²) in [5.74, 6) is 0.818. The number of carbonyl (C=O) groups excluding carboxylic acids is 3. The number of fused-ring (bicyclic) bond motifs is 4. The monoisotopic (exact) mass is 629 g/mol. The molecule has 12 heteroatoms. The number of methoxy groups -OCH3 is 2. The van der Waals surface area contributed by atoms with Gasteiger partial charge in [0.2, 0.25) is 0 Å². The Hall–Kier alpha value is -5.00. The Morgan fingerprint density at radius 3 is 2.26 bits per heavy atom. The Kier molecular flexibility index (Phi) is 8.87. The zero-order chi connectivity index (χ0) is 32.4. The fourth-order valence-corrected chi connectivity index (χ4v) is 6.76. The molecule has 2 fully saturated rings. The normalized spacial score (nSPS) is 18.8. The van der Waals surface area contributed by atoms with Gasteiger partial charge in [-0.3, -0.25) is 14.4 Å². The van der Waals surface area contributed by atoms with E-state index in [0.717, 1.165) is 17.8 Å². The molecule has 46 heavy (non-hydrogen) atoms. The minimum Gasteiger partial charge on any atom is -0.497 e. The second-order valence-corrected chi connectivity index (χ2v) is 11.9. The van der Waals surface area contributed by atoms with E-state index >= 15 is 0 Å². The Balaban J connectivity index is 1.29. The molecule has 0 spiro atoms. The fraction of sp³-hybridized carbons (Fsp3) is 0.412. The molecular weight excluding hydrogens is 590 g/mol. The highest BCUT2D eigenvalue weighted by Crippen LogP contribution is 2.39. The third-order valence-electron chi connectivity index (χ3n) is 9.02. The second kappa shape index (κ2) is 13.2. The van der Waals surface area contributed by atoms with Gasteiger partial charge in [-0.05, 0) is 55.7 Å². The smallest absolute Gasteiger partial charge is 0.409 e. The van der Waals surface area contributed by atoms with E-state index in [9.17, 15) is 19.2 Å². The van der Waals surface area contributed by atoms with E-state index < -0.39 is 0 Å². The van der Waals surface area contributed by atoms with Crippen molar-refractivity contribution in [1.29, 1.82) is 0 Å². The third-order valence-corrected chi connectivity index (χ3v) is 9.02. The molecule has 2 aromatic carbocycles. The van der Waals surface area contributed by atoms with Gasteiger partial charge in [0.05, 0.1) is 32.2 Å². The Morgan fingerprint density at radius 2 is 1.57 bits per heavy atom. The van der Waals surface area contributed by atoms with Crippen LogP contribution in [0.1, 0.15) is 45.7 Å². The van der Waals surface area contributed by atoms with Gasteiger partial charge in [0.1, 0.15) is 11.5 Å². The minimum absolute atomic E-state index is 0.0216. The summed E-state index contributed by atoms with van der Waals surface area (Å²) in [6.07, 6.45) is 0.608. The maximum absolute atomic E-state index is 13.7. The summed E-state index contributed by atoms with van der Waals surface area (Å²) in [6.45, 7) is 5.58. The van der Waals surface area contributed by atoms with Crippen molar-refractivity contribution < 1.29 is 28.6 Å².